The van der Waals surface area contributed by atoms with Gasteiger partial charge in [0.2, 0.25) is 6.29 Å². The average molecular weight is 368 g/mol. The minimum Gasteiger partial charge on any atom is -0.462 e. The molecule has 0 radical (unpaired) electrons. The van der Waals surface area contributed by atoms with Crippen LogP contribution in [-0.2, 0) is 10.2 Å². The molecule has 1 aliphatic rings. The van der Waals surface area contributed by atoms with E-state index in [1.807, 2.05) is 6.07 Å². The summed E-state index contributed by atoms with van der Waals surface area (Å²) in [6.07, 6.45) is 0.126. The minimum atomic E-state index is -1.21. The molecule has 5 heteroatoms. The molecule has 1 aliphatic carbocycles. The maximum atomic E-state index is 12.3. The van der Waals surface area contributed by atoms with Crippen LogP contribution in [0.4, 0.5) is 0 Å². The van der Waals surface area contributed by atoms with Gasteiger partial charge in [0.25, 0.3) is 0 Å². The first kappa shape index (κ1) is 19.1. The fourth-order valence-electron chi connectivity index (χ4n) is 3.31. The molecular formula is C22H24O5. The Hall–Kier alpha value is -2.66. The highest BCUT2D eigenvalue weighted by Gasteiger charge is 2.32. The molecule has 0 saturated heterocycles. The van der Waals surface area contributed by atoms with Crippen LogP contribution in [0.5, 0.6) is 5.75 Å². The van der Waals surface area contributed by atoms with Crippen LogP contribution in [-0.4, -0.2) is 23.5 Å². The van der Waals surface area contributed by atoms with Crippen LogP contribution < -0.4 is 4.74 Å². The number of hydrogen-bond acceptors (Lipinski definition) is 5. The third-order valence-corrected chi connectivity index (χ3v) is 4.95. The lowest BCUT2D eigenvalue weighted by Gasteiger charge is -2.32. The minimum absolute atomic E-state index is 0.0590. The molecular weight excluding hydrogens is 344 g/mol. The van der Waals surface area contributed by atoms with Gasteiger partial charge >= 0.3 is 5.97 Å². The average Bonchev–Trinajstić information content (AvgIpc) is 2.65. The van der Waals surface area contributed by atoms with E-state index in [-0.39, 0.29) is 11.2 Å². The number of fused-ring (bicyclic) bond motifs is 1. The molecule has 0 aromatic heterocycles. The van der Waals surface area contributed by atoms with E-state index >= 15 is 0 Å². The van der Waals surface area contributed by atoms with E-state index in [1.165, 1.54) is 0 Å². The van der Waals surface area contributed by atoms with E-state index in [9.17, 15) is 14.7 Å². The molecule has 1 N–H and O–H groups in total. The van der Waals surface area contributed by atoms with Gasteiger partial charge in [-0.25, -0.2) is 4.79 Å². The second-order valence-electron chi connectivity index (χ2n) is 7.33. The summed E-state index contributed by atoms with van der Waals surface area (Å²) < 4.78 is 10.5. The SMILES string of the molecule is CCOC(=O)c1ccc(OC(O)c2ccc3c(c2)C(=O)CCC3(C)C)cc1. The molecule has 0 amide bonds. The first-order chi connectivity index (χ1) is 12.8. The summed E-state index contributed by atoms with van der Waals surface area (Å²) in [5, 5.41) is 10.4. The predicted octanol–water partition coefficient (Wildman–Crippen LogP) is 4.19. The van der Waals surface area contributed by atoms with Gasteiger partial charge < -0.3 is 14.6 Å². The molecule has 0 heterocycles. The Balaban J connectivity index is 1.77. The molecule has 2 aromatic rings. The lowest BCUT2D eigenvalue weighted by molar-refractivity contribution is -0.0195. The third kappa shape index (κ3) is 4.03. The Morgan fingerprint density at radius 2 is 1.89 bits per heavy atom. The summed E-state index contributed by atoms with van der Waals surface area (Å²) in [6, 6.07) is 11.8. The molecule has 0 aliphatic heterocycles. The molecule has 0 fully saturated rings. The van der Waals surface area contributed by atoms with Crippen LogP contribution in [0.15, 0.2) is 42.5 Å². The summed E-state index contributed by atoms with van der Waals surface area (Å²) >= 11 is 0. The lowest BCUT2D eigenvalue weighted by Crippen LogP contribution is -2.27. The molecule has 142 valence electrons. The summed E-state index contributed by atoms with van der Waals surface area (Å²) in [7, 11) is 0. The van der Waals surface area contributed by atoms with Gasteiger partial charge in [-0.3, -0.25) is 4.79 Å². The van der Waals surface area contributed by atoms with Crippen molar-refractivity contribution < 1.29 is 24.2 Å². The first-order valence-corrected chi connectivity index (χ1v) is 9.11. The molecule has 5 nitrogen and oxygen atoms in total. The van der Waals surface area contributed by atoms with E-state index < -0.39 is 12.3 Å². The van der Waals surface area contributed by atoms with Gasteiger partial charge in [-0.2, -0.15) is 0 Å². The zero-order valence-corrected chi connectivity index (χ0v) is 15.8. The summed E-state index contributed by atoms with van der Waals surface area (Å²) in [5.74, 6) is 0.109. The van der Waals surface area contributed by atoms with Gasteiger partial charge in [0.15, 0.2) is 5.78 Å². The zero-order chi connectivity index (χ0) is 19.6. The summed E-state index contributed by atoms with van der Waals surface area (Å²) in [5.41, 5.74) is 2.54. The number of carbonyl (C=O) groups excluding carboxylic acids is 2. The van der Waals surface area contributed by atoms with E-state index in [0.29, 0.717) is 35.5 Å². The highest BCUT2D eigenvalue weighted by Crippen LogP contribution is 2.37. The van der Waals surface area contributed by atoms with Gasteiger partial charge in [-0.05, 0) is 54.7 Å². The Labute approximate surface area is 158 Å². The van der Waals surface area contributed by atoms with Gasteiger partial charge in [-0.1, -0.05) is 26.0 Å². The molecule has 0 spiro atoms. The van der Waals surface area contributed by atoms with Crippen molar-refractivity contribution in [2.75, 3.05) is 6.61 Å². The largest absolute Gasteiger partial charge is 0.462 e. The quantitative estimate of drug-likeness (QED) is 0.633. The van der Waals surface area contributed by atoms with Crippen LogP contribution in [0.2, 0.25) is 0 Å². The first-order valence-electron chi connectivity index (χ1n) is 9.11. The molecule has 1 unspecified atom stereocenters. The summed E-state index contributed by atoms with van der Waals surface area (Å²) in [6.45, 7) is 6.30. The standard InChI is InChI=1S/C22H24O5/c1-4-26-20(24)14-5-8-16(9-6-14)27-21(25)15-7-10-18-17(13-15)19(23)11-12-22(18,2)3/h5-10,13,21,25H,4,11-12H2,1-3H3. The maximum Gasteiger partial charge on any atom is 0.338 e. The number of aliphatic hydroxyl groups excluding tert-OH is 1. The second kappa shape index (κ2) is 7.53. The highest BCUT2D eigenvalue weighted by atomic mass is 16.6. The van der Waals surface area contributed by atoms with Gasteiger partial charge in [-0.15, -0.1) is 0 Å². The van der Waals surface area contributed by atoms with Gasteiger partial charge in [0.1, 0.15) is 5.75 Å². The monoisotopic (exact) mass is 368 g/mol. The van der Waals surface area contributed by atoms with Crippen LogP contribution in [0.1, 0.15) is 71.7 Å². The third-order valence-electron chi connectivity index (χ3n) is 4.95. The molecule has 3 rings (SSSR count). The fraction of sp³-hybridized carbons (Fsp3) is 0.364. The number of esters is 1. The number of ether oxygens (including phenoxy) is 2. The van der Waals surface area contributed by atoms with E-state index in [1.54, 1.807) is 43.3 Å². The van der Waals surface area contributed by atoms with Gasteiger partial charge in [0.05, 0.1) is 12.2 Å². The molecule has 2 aromatic carbocycles. The van der Waals surface area contributed by atoms with Crippen LogP contribution >= 0.6 is 0 Å². The van der Waals surface area contributed by atoms with Crippen molar-refractivity contribution in [2.24, 2.45) is 0 Å². The molecule has 27 heavy (non-hydrogen) atoms. The predicted molar refractivity (Wildman–Crippen MR) is 101 cm³/mol. The maximum absolute atomic E-state index is 12.3. The van der Waals surface area contributed by atoms with Crippen LogP contribution in [0, 0.1) is 0 Å². The number of aliphatic hydroxyl groups is 1. The second-order valence-corrected chi connectivity index (χ2v) is 7.33. The van der Waals surface area contributed by atoms with Crippen molar-refractivity contribution in [3.05, 3.63) is 64.7 Å². The Bertz CT molecular complexity index is 852. The van der Waals surface area contributed by atoms with Crippen molar-refractivity contribution in [3.63, 3.8) is 0 Å². The highest BCUT2D eigenvalue weighted by molar-refractivity contribution is 5.99. The smallest absolute Gasteiger partial charge is 0.338 e. The molecule has 1 atom stereocenters. The Kier molecular flexibility index (Phi) is 5.33. The van der Waals surface area contributed by atoms with Crippen molar-refractivity contribution in [1.29, 1.82) is 0 Å². The van der Waals surface area contributed by atoms with Crippen molar-refractivity contribution in [2.45, 2.75) is 45.3 Å². The number of rotatable bonds is 5. The van der Waals surface area contributed by atoms with Crippen LogP contribution in [0.3, 0.4) is 0 Å². The van der Waals surface area contributed by atoms with Crippen LogP contribution in [0.25, 0.3) is 0 Å². The van der Waals surface area contributed by atoms with E-state index in [0.717, 1.165) is 12.0 Å². The molecule has 0 saturated carbocycles. The Morgan fingerprint density at radius 1 is 1.19 bits per heavy atom. The zero-order valence-electron chi connectivity index (χ0n) is 15.8. The van der Waals surface area contributed by atoms with E-state index in [2.05, 4.69) is 13.8 Å². The molecule has 0 bridgehead atoms. The number of carbonyl (C=O) groups is 2. The van der Waals surface area contributed by atoms with Crippen molar-refractivity contribution >= 4 is 11.8 Å². The fourth-order valence-corrected chi connectivity index (χ4v) is 3.31. The topological polar surface area (TPSA) is 72.8 Å². The lowest BCUT2D eigenvalue weighted by atomic mass is 9.72. The number of ketones is 1. The van der Waals surface area contributed by atoms with Crippen molar-refractivity contribution in [1.82, 2.24) is 0 Å². The van der Waals surface area contributed by atoms with Gasteiger partial charge in [0, 0.05) is 17.5 Å². The number of hydrogen-bond donors (Lipinski definition) is 1. The van der Waals surface area contributed by atoms with E-state index in [4.69, 9.17) is 9.47 Å². The number of benzene rings is 2. The van der Waals surface area contributed by atoms with Crippen molar-refractivity contribution in [3.8, 4) is 5.75 Å². The number of Topliss-reactive ketones (excluding diaryl/α,β-unsaturated/α-hetero) is 1. The normalized spacial score (nSPS) is 16.4. The summed E-state index contributed by atoms with van der Waals surface area (Å²) in [4.78, 5) is 24.0. The Morgan fingerprint density at radius 3 is 2.56 bits per heavy atom.